The van der Waals surface area contributed by atoms with Gasteiger partial charge in [0, 0.05) is 40.6 Å². The van der Waals surface area contributed by atoms with E-state index in [0.717, 1.165) is 20.9 Å². The van der Waals surface area contributed by atoms with E-state index >= 15 is 0 Å². The van der Waals surface area contributed by atoms with Crippen LogP contribution in [0.1, 0.15) is 43.6 Å². The zero-order valence-corrected chi connectivity index (χ0v) is 17.6. The van der Waals surface area contributed by atoms with Crippen LogP contribution in [-0.2, 0) is 11.3 Å². The molecule has 0 aliphatic rings. The van der Waals surface area contributed by atoms with Gasteiger partial charge in [0.1, 0.15) is 0 Å². The summed E-state index contributed by atoms with van der Waals surface area (Å²) in [7, 11) is 0. The second kappa shape index (κ2) is 7.31. The number of amides is 2. The average Bonchev–Trinajstić information content (AvgIpc) is 2.94. The summed E-state index contributed by atoms with van der Waals surface area (Å²) >= 11 is 3.45. The summed E-state index contributed by atoms with van der Waals surface area (Å²) in [6.45, 7) is 7.69. The van der Waals surface area contributed by atoms with Crippen molar-refractivity contribution in [1.29, 1.82) is 0 Å². The highest BCUT2D eigenvalue weighted by Crippen LogP contribution is 2.26. The molecule has 2 aromatic carbocycles. The van der Waals surface area contributed by atoms with Gasteiger partial charge >= 0.3 is 0 Å². The van der Waals surface area contributed by atoms with Crippen LogP contribution in [0.2, 0.25) is 0 Å². The third kappa shape index (κ3) is 3.98. The summed E-state index contributed by atoms with van der Waals surface area (Å²) in [5.41, 5.74) is 2.07. The van der Waals surface area contributed by atoms with Crippen molar-refractivity contribution in [3.63, 3.8) is 0 Å². The molecule has 0 radical (unpaired) electrons. The van der Waals surface area contributed by atoms with Crippen molar-refractivity contribution < 1.29 is 9.59 Å². The Kier molecular flexibility index (Phi) is 5.24. The van der Waals surface area contributed by atoms with E-state index in [-0.39, 0.29) is 11.8 Å². The zero-order valence-electron chi connectivity index (χ0n) is 16.0. The van der Waals surface area contributed by atoms with Gasteiger partial charge in [0.15, 0.2) is 0 Å². The minimum absolute atomic E-state index is 0.253. The van der Waals surface area contributed by atoms with Gasteiger partial charge in [0.25, 0.3) is 5.91 Å². The van der Waals surface area contributed by atoms with Crippen LogP contribution in [0.3, 0.4) is 0 Å². The van der Waals surface area contributed by atoms with Crippen molar-refractivity contribution in [2.75, 3.05) is 0 Å². The molecule has 0 spiro atoms. The standard InChI is InChI=1S/C22H23BrN2O2/c1-15(26)25(22(2,3)4)21(27)19-14-24(20-8-6-5-7-18(19)20)13-16-9-11-17(23)12-10-16/h5-12,14H,13H2,1-4H3. The molecule has 27 heavy (non-hydrogen) atoms. The molecule has 0 fully saturated rings. The number of halogens is 1. The van der Waals surface area contributed by atoms with Crippen molar-refractivity contribution in [2.24, 2.45) is 0 Å². The van der Waals surface area contributed by atoms with Gasteiger partial charge in [0.05, 0.1) is 5.56 Å². The Hall–Kier alpha value is -2.40. The van der Waals surface area contributed by atoms with E-state index in [2.05, 4.69) is 32.6 Å². The topological polar surface area (TPSA) is 42.3 Å². The minimum atomic E-state index is -0.585. The predicted molar refractivity (Wildman–Crippen MR) is 112 cm³/mol. The van der Waals surface area contributed by atoms with Gasteiger partial charge in [0.2, 0.25) is 5.91 Å². The molecule has 5 heteroatoms. The van der Waals surface area contributed by atoms with Gasteiger partial charge in [-0.15, -0.1) is 0 Å². The Balaban J connectivity index is 2.08. The Labute approximate surface area is 167 Å². The van der Waals surface area contributed by atoms with Gasteiger partial charge in [-0.25, -0.2) is 0 Å². The van der Waals surface area contributed by atoms with E-state index in [9.17, 15) is 9.59 Å². The molecule has 0 aliphatic heterocycles. The van der Waals surface area contributed by atoms with E-state index in [1.165, 1.54) is 11.8 Å². The molecule has 140 valence electrons. The number of fused-ring (bicyclic) bond motifs is 1. The highest BCUT2D eigenvalue weighted by molar-refractivity contribution is 9.10. The molecule has 0 bridgehead atoms. The molecule has 1 aromatic heterocycles. The molecule has 3 rings (SSSR count). The summed E-state index contributed by atoms with van der Waals surface area (Å²) in [5.74, 6) is -0.516. The average molecular weight is 427 g/mol. The number of benzene rings is 2. The summed E-state index contributed by atoms with van der Waals surface area (Å²) in [4.78, 5) is 26.7. The van der Waals surface area contributed by atoms with Crippen LogP contribution in [-0.4, -0.2) is 26.8 Å². The molecular weight excluding hydrogens is 404 g/mol. The van der Waals surface area contributed by atoms with Crippen molar-refractivity contribution in [3.8, 4) is 0 Å². The lowest BCUT2D eigenvalue weighted by atomic mass is 10.0. The third-order valence-electron chi connectivity index (χ3n) is 4.47. The van der Waals surface area contributed by atoms with Gasteiger partial charge in [-0.05, 0) is 44.5 Å². The maximum absolute atomic E-state index is 13.2. The predicted octanol–water partition coefficient (Wildman–Crippen LogP) is 5.24. The van der Waals surface area contributed by atoms with Crippen molar-refractivity contribution in [1.82, 2.24) is 9.47 Å². The SMILES string of the molecule is CC(=O)N(C(=O)c1cn(Cc2ccc(Br)cc2)c2ccccc12)C(C)(C)C. The highest BCUT2D eigenvalue weighted by atomic mass is 79.9. The van der Waals surface area contributed by atoms with Gasteiger partial charge in [-0.3, -0.25) is 14.5 Å². The highest BCUT2D eigenvalue weighted by Gasteiger charge is 2.32. The Morgan fingerprint density at radius 3 is 2.26 bits per heavy atom. The van der Waals surface area contributed by atoms with Crippen molar-refractivity contribution >= 4 is 38.6 Å². The number of aromatic nitrogens is 1. The van der Waals surface area contributed by atoms with Crippen molar-refractivity contribution in [2.45, 2.75) is 39.8 Å². The minimum Gasteiger partial charge on any atom is -0.342 e. The zero-order chi connectivity index (χ0) is 19.8. The maximum atomic E-state index is 13.2. The molecule has 0 aliphatic carbocycles. The first kappa shape index (κ1) is 19.4. The Bertz CT molecular complexity index is 997. The van der Waals surface area contributed by atoms with E-state index in [4.69, 9.17) is 0 Å². The fourth-order valence-corrected chi connectivity index (χ4v) is 3.64. The van der Waals surface area contributed by atoms with Crippen LogP contribution in [0.4, 0.5) is 0 Å². The van der Waals surface area contributed by atoms with Crippen LogP contribution in [0.25, 0.3) is 10.9 Å². The number of hydrogen-bond acceptors (Lipinski definition) is 2. The van der Waals surface area contributed by atoms with Gasteiger partial charge in [-0.2, -0.15) is 0 Å². The number of para-hydroxylation sites is 1. The lowest BCUT2D eigenvalue weighted by molar-refractivity contribution is -0.129. The molecule has 0 N–H and O–H groups in total. The van der Waals surface area contributed by atoms with E-state index in [0.29, 0.717) is 12.1 Å². The normalized spacial score (nSPS) is 11.6. The fraction of sp³-hybridized carbons (Fsp3) is 0.273. The molecule has 3 aromatic rings. The molecule has 2 amide bonds. The third-order valence-corrected chi connectivity index (χ3v) is 5.00. The smallest absolute Gasteiger partial charge is 0.263 e. The number of nitrogens with zero attached hydrogens (tertiary/aromatic N) is 2. The van der Waals surface area contributed by atoms with E-state index < -0.39 is 5.54 Å². The van der Waals surface area contributed by atoms with E-state index in [1.807, 2.05) is 63.4 Å². The number of hydrogen-bond donors (Lipinski definition) is 0. The Morgan fingerprint density at radius 1 is 1.04 bits per heavy atom. The lowest BCUT2D eigenvalue weighted by Gasteiger charge is -2.32. The Morgan fingerprint density at radius 2 is 1.67 bits per heavy atom. The van der Waals surface area contributed by atoms with Crippen LogP contribution in [0, 0.1) is 0 Å². The van der Waals surface area contributed by atoms with Crippen LogP contribution >= 0.6 is 15.9 Å². The largest absolute Gasteiger partial charge is 0.342 e. The quantitative estimate of drug-likeness (QED) is 0.574. The number of rotatable bonds is 3. The number of carbonyl (C=O) groups excluding carboxylic acids is 2. The number of imide groups is 1. The first-order valence-corrected chi connectivity index (χ1v) is 9.65. The molecule has 0 saturated heterocycles. The fourth-order valence-electron chi connectivity index (χ4n) is 3.37. The first-order valence-electron chi connectivity index (χ1n) is 8.86. The van der Waals surface area contributed by atoms with Gasteiger partial charge < -0.3 is 4.57 Å². The summed E-state index contributed by atoms with van der Waals surface area (Å²) in [5, 5.41) is 0.857. The summed E-state index contributed by atoms with van der Waals surface area (Å²) < 4.78 is 3.09. The lowest BCUT2D eigenvalue weighted by Crippen LogP contribution is -2.48. The molecule has 1 heterocycles. The number of carbonyl (C=O) groups is 2. The summed E-state index contributed by atoms with van der Waals surface area (Å²) in [6.07, 6.45) is 1.86. The second-order valence-corrected chi connectivity index (χ2v) is 8.56. The van der Waals surface area contributed by atoms with Gasteiger partial charge in [-0.1, -0.05) is 46.3 Å². The van der Waals surface area contributed by atoms with Crippen LogP contribution in [0.15, 0.2) is 59.2 Å². The molecule has 0 unspecified atom stereocenters. The van der Waals surface area contributed by atoms with E-state index in [1.54, 1.807) is 0 Å². The molecule has 0 saturated carbocycles. The first-order chi connectivity index (χ1) is 12.7. The molecule has 0 atom stereocenters. The molecular formula is C22H23BrN2O2. The maximum Gasteiger partial charge on any atom is 0.263 e. The van der Waals surface area contributed by atoms with Crippen LogP contribution in [0.5, 0.6) is 0 Å². The van der Waals surface area contributed by atoms with Crippen LogP contribution < -0.4 is 0 Å². The summed E-state index contributed by atoms with van der Waals surface area (Å²) in [6, 6.07) is 15.9. The second-order valence-electron chi connectivity index (χ2n) is 7.64. The monoisotopic (exact) mass is 426 g/mol. The molecule has 4 nitrogen and oxygen atoms in total. The van der Waals surface area contributed by atoms with Crippen molar-refractivity contribution in [3.05, 3.63) is 70.3 Å².